The van der Waals surface area contributed by atoms with Gasteiger partial charge in [0.15, 0.2) is 0 Å². The number of hydrogen-bond acceptors (Lipinski definition) is 3. The molecule has 0 fully saturated rings. The summed E-state index contributed by atoms with van der Waals surface area (Å²) in [5, 5.41) is 20.0. The van der Waals surface area contributed by atoms with E-state index in [-0.39, 0.29) is 25.2 Å². The quantitative estimate of drug-likeness (QED) is 0.219. The van der Waals surface area contributed by atoms with Gasteiger partial charge in [0.1, 0.15) is 6.04 Å². The van der Waals surface area contributed by atoms with Gasteiger partial charge in [-0.25, -0.2) is 4.79 Å². The predicted molar refractivity (Wildman–Crippen MR) is 116 cm³/mol. The molecule has 0 bridgehead atoms. The number of allylic oxidation sites excluding steroid dienone is 6. The first kappa shape index (κ1) is 26.6. The number of rotatable bonds is 18. The first-order valence-electron chi connectivity index (χ1n) is 10.7. The molecule has 0 saturated carbocycles. The Morgan fingerprint density at radius 3 is 2.00 bits per heavy atom. The molecule has 0 aliphatic rings. The molecule has 1 atom stereocenters. The van der Waals surface area contributed by atoms with Crippen LogP contribution < -0.4 is 5.32 Å². The summed E-state index contributed by atoms with van der Waals surface area (Å²) in [6.07, 6.45) is 22.0. The van der Waals surface area contributed by atoms with Crippen molar-refractivity contribution in [2.45, 2.75) is 90.0 Å². The van der Waals surface area contributed by atoms with Crippen molar-refractivity contribution in [1.29, 1.82) is 0 Å². The highest BCUT2D eigenvalue weighted by Crippen LogP contribution is 2.08. The third-order valence-electron chi connectivity index (χ3n) is 4.33. The summed E-state index contributed by atoms with van der Waals surface area (Å²) >= 11 is 0. The predicted octanol–water partition coefficient (Wildman–Crippen LogP) is 5.01. The number of hydrogen-bond donors (Lipinski definition) is 3. The minimum atomic E-state index is -1.20. The van der Waals surface area contributed by atoms with Gasteiger partial charge in [0.25, 0.3) is 0 Å². The van der Waals surface area contributed by atoms with Crippen LogP contribution in [0.4, 0.5) is 0 Å². The van der Waals surface area contributed by atoms with Gasteiger partial charge in [0, 0.05) is 12.8 Å². The van der Waals surface area contributed by atoms with E-state index in [2.05, 4.69) is 48.7 Å². The number of unbranched alkanes of at least 4 members (excludes halogenated alkanes) is 5. The standard InChI is InChI=1S/C23H37NO5/c1-2-3-4-5-6-7-8-9-10-11-12-13-14-15-16-17-21(25)24-20(23(28)29)18-19-22(26)27/h3-4,6-7,9-10,20H,2,5,8,11-19H2,1H3,(H,24,25)(H,26,27)(H,28,29)/t20-/m0/s1. The minimum Gasteiger partial charge on any atom is -0.481 e. The molecular formula is C23H37NO5. The topological polar surface area (TPSA) is 104 Å². The smallest absolute Gasteiger partial charge is 0.326 e. The zero-order chi connectivity index (χ0) is 21.7. The van der Waals surface area contributed by atoms with Crippen LogP contribution in [0, 0.1) is 0 Å². The largest absolute Gasteiger partial charge is 0.481 e. The molecule has 0 aromatic carbocycles. The average molecular weight is 408 g/mol. The lowest BCUT2D eigenvalue weighted by atomic mass is 10.1. The first-order valence-corrected chi connectivity index (χ1v) is 10.7. The Hall–Kier alpha value is -2.37. The Bertz CT molecular complexity index is 551. The summed E-state index contributed by atoms with van der Waals surface area (Å²) in [6, 6.07) is -1.13. The second-order valence-electron chi connectivity index (χ2n) is 6.99. The van der Waals surface area contributed by atoms with Crippen LogP contribution in [0.2, 0.25) is 0 Å². The van der Waals surface area contributed by atoms with Crippen LogP contribution in [0.5, 0.6) is 0 Å². The van der Waals surface area contributed by atoms with Crippen LogP contribution in [-0.4, -0.2) is 34.1 Å². The number of nitrogens with one attached hydrogen (secondary N) is 1. The van der Waals surface area contributed by atoms with Gasteiger partial charge in [0.2, 0.25) is 5.91 Å². The molecule has 29 heavy (non-hydrogen) atoms. The molecule has 0 aromatic rings. The van der Waals surface area contributed by atoms with E-state index in [1.807, 2.05) is 0 Å². The highest BCUT2D eigenvalue weighted by molar-refractivity contribution is 5.83. The van der Waals surface area contributed by atoms with Gasteiger partial charge < -0.3 is 15.5 Å². The van der Waals surface area contributed by atoms with E-state index in [9.17, 15) is 14.4 Å². The van der Waals surface area contributed by atoms with Crippen LogP contribution in [0.1, 0.15) is 84.0 Å². The molecule has 0 saturated heterocycles. The molecule has 6 heteroatoms. The number of carboxylic acids is 2. The van der Waals surface area contributed by atoms with Gasteiger partial charge in [-0.2, -0.15) is 0 Å². The average Bonchev–Trinajstić information content (AvgIpc) is 2.67. The SMILES string of the molecule is CCC=CCC=CCC=CCCCCCCCC(=O)N[C@@H](CCC(=O)O)C(=O)O. The monoisotopic (exact) mass is 407 g/mol. The van der Waals surface area contributed by atoms with Gasteiger partial charge >= 0.3 is 11.9 Å². The summed E-state index contributed by atoms with van der Waals surface area (Å²) in [5.41, 5.74) is 0. The van der Waals surface area contributed by atoms with Crippen molar-refractivity contribution in [2.24, 2.45) is 0 Å². The third kappa shape index (κ3) is 18.7. The van der Waals surface area contributed by atoms with Crippen LogP contribution >= 0.6 is 0 Å². The number of amides is 1. The molecule has 0 rings (SSSR count). The Balaban J connectivity index is 3.65. The molecule has 1 amide bonds. The molecule has 3 N–H and O–H groups in total. The molecule has 0 radical (unpaired) electrons. The number of aliphatic carboxylic acids is 2. The summed E-state index contributed by atoms with van der Waals surface area (Å²) in [4.78, 5) is 33.4. The lowest BCUT2D eigenvalue weighted by Crippen LogP contribution is -2.41. The summed E-state index contributed by atoms with van der Waals surface area (Å²) in [5.74, 6) is -2.60. The maximum absolute atomic E-state index is 11.8. The number of carbonyl (C=O) groups excluding carboxylic acids is 1. The van der Waals surface area contributed by atoms with Gasteiger partial charge in [-0.15, -0.1) is 0 Å². The highest BCUT2D eigenvalue weighted by atomic mass is 16.4. The van der Waals surface area contributed by atoms with E-state index in [0.29, 0.717) is 6.42 Å². The maximum Gasteiger partial charge on any atom is 0.326 e. The van der Waals surface area contributed by atoms with Crippen molar-refractivity contribution >= 4 is 17.8 Å². The van der Waals surface area contributed by atoms with Crippen molar-refractivity contribution in [3.8, 4) is 0 Å². The van der Waals surface area contributed by atoms with Crippen LogP contribution in [0.25, 0.3) is 0 Å². The summed E-state index contributed by atoms with van der Waals surface area (Å²) < 4.78 is 0. The van der Waals surface area contributed by atoms with Gasteiger partial charge in [-0.1, -0.05) is 62.6 Å². The number of carboxylic acid groups (broad SMARTS) is 2. The molecular weight excluding hydrogens is 370 g/mol. The Morgan fingerprint density at radius 2 is 1.38 bits per heavy atom. The zero-order valence-corrected chi connectivity index (χ0v) is 17.6. The van der Waals surface area contributed by atoms with E-state index in [1.54, 1.807) is 0 Å². The fourth-order valence-corrected chi connectivity index (χ4v) is 2.70. The molecule has 0 aromatic heterocycles. The van der Waals surface area contributed by atoms with Crippen molar-refractivity contribution in [3.63, 3.8) is 0 Å². The van der Waals surface area contributed by atoms with E-state index in [1.165, 1.54) is 0 Å². The molecule has 0 aliphatic heterocycles. The molecule has 0 spiro atoms. The lowest BCUT2D eigenvalue weighted by molar-refractivity contribution is -0.143. The van der Waals surface area contributed by atoms with Gasteiger partial charge in [0.05, 0.1) is 0 Å². The molecule has 0 heterocycles. The Labute approximate surface area is 174 Å². The molecule has 6 nitrogen and oxygen atoms in total. The van der Waals surface area contributed by atoms with Gasteiger partial charge in [-0.05, 0) is 44.9 Å². The molecule has 0 unspecified atom stereocenters. The number of carbonyl (C=O) groups is 3. The van der Waals surface area contributed by atoms with Crippen molar-refractivity contribution in [1.82, 2.24) is 5.32 Å². The summed E-state index contributed by atoms with van der Waals surface area (Å²) in [6.45, 7) is 2.13. The van der Waals surface area contributed by atoms with E-state index < -0.39 is 18.0 Å². The summed E-state index contributed by atoms with van der Waals surface area (Å²) in [7, 11) is 0. The minimum absolute atomic E-state index is 0.102. The first-order chi connectivity index (χ1) is 14.0. The van der Waals surface area contributed by atoms with E-state index >= 15 is 0 Å². The molecule has 0 aliphatic carbocycles. The Kier molecular flexibility index (Phi) is 17.4. The fourth-order valence-electron chi connectivity index (χ4n) is 2.70. The van der Waals surface area contributed by atoms with Crippen LogP contribution in [-0.2, 0) is 14.4 Å². The normalized spacial score (nSPS) is 12.7. The van der Waals surface area contributed by atoms with Gasteiger partial charge in [-0.3, -0.25) is 9.59 Å². The third-order valence-corrected chi connectivity index (χ3v) is 4.33. The van der Waals surface area contributed by atoms with Crippen molar-refractivity contribution < 1.29 is 24.6 Å². The van der Waals surface area contributed by atoms with E-state index in [4.69, 9.17) is 10.2 Å². The Morgan fingerprint density at radius 1 is 0.793 bits per heavy atom. The second kappa shape index (κ2) is 19.0. The lowest BCUT2D eigenvalue weighted by Gasteiger charge is -2.13. The van der Waals surface area contributed by atoms with E-state index in [0.717, 1.165) is 51.4 Å². The van der Waals surface area contributed by atoms with Crippen molar-refractivity contribution in [3.05, 3.63) is 36.5 Å². The maximum atomic E-state index is 11.8. The highest BCUT2D eigenvalue weighted by Gasteiger charge is 2.20. The second-order valence-corrected chi connectivity index (χ2v) is 6.99. The van der Waals surface area contributed by atoms with Crippen LogP contribution in [0.3, 0.4) is 0 Å². The fraction of sp³-hybridized carbons (Fsp3) is 0.609. The molecule has 164 valence electrons. The van der Waals surface area contributed by atoms with Crippen molar-refractivity contribution in [2.75, 3.05) is 0 Å². The van der Waals surface area contributed by atoms with Crippen LogP contribution in [0.15, 0.2) is 36.5 Å². The zero-order valence-electron chi connectivity index (χ0n) is 17.6.